The zero-order valence-electron chi connectivity index (χ0n) is 13.4. The molecule has 1 heterocycles. The number of amides is 1. The van der Waals surface area contributed by atoms with Crippen LogP contribution in [0.15, 0.2) is 17.1 Å². The predicted octanol–water partition coefficient (Wildman–Crippen LogP) is 3.00. The van der Waals surface area contributed by atoms with Gasteiger partial charge in [0.2, 0.25) is 5.90 Å². The van der Waals surface area contributed by atoms with Crippen molar-refractivity contribution >= 4 is 12.0 Å². The molecule has 0 spiro atoms. The van der Waals surface area contributed by atoms with Crippen LogP contribution in [0.2, 0.25) is 0 Å². The zero-order chi connectivity index (χ0) is 16.1. The van der Waals surface area contributed by atoms with E-state index in [0.717, 1.165) is 6.42 Å². The van der Waals surface area contributed by atoms with E-state index in [-0.39, 0.29) is 13.2 Å². The molecule has 0 radical (unpaired) electrons. The Morgan fingerprint density at radius 1 is 1.52 bits per heavy atom. The number of hydrogen-bond donors (Lipinski definition) is 1. The first-order valence-electron chi connectivity index (χ1n) is 7.17. The molecule has 0 aliphatic carbocycles. The molecular formula is C15H25FN2O3. The minimum absolute atomic E-state index is 0.0962. The first-order chi connectivity index (χ1) is 9.64. The van der Waals surface area contributed by atoms with E-state index in [0.29, 0.717) is 5.90 Å². The Hall–Kier alpha value is -1.59. The molecule has 1 rings (SSSR count). The van der Waals surface area contributed by atoms with E-state index in [1.165, 1.54) is 13.0 Å². The van der Waals surface area contributed by atoms with Crippen LogP contribution in [-0.2, 0) is 9.47 Å². The fraction of sp³-hybridized carbons (Fsp3) is 0.733. The smallest absolute Gasteiger partial charge is 0.408 e. The summed E-state index contributed by atoms with van der Waals surface area (Å²) in [4.78, 5) is 15.7. The van der Waals surface area contributed by atoms with Gasteiger partial charge in [-0.3, -0.25) is 0 Å². The van der Waals surface area contributed by atoms with Crippen LogP contribution in [0.1, 0.15) is 41.0 Å². The topological polar surface area (TPSA) is 59.9 Å². The first-order valence-corrected chi connectivity index (χ1v) is 7.17. The molecule has 21 heavy (non-hydrogen) atoms. The minimum atomic E-state index is -1.55. The van der Waals surface area contributed by atoms with Gasteiger partial charge in [-0.15, -0.1) is 0 Å². The van der Waals surface area contributed by atoms with E-state index < -0.39 is 23.4 Å². The quantitative estimate of drug-likeness (QED) is 0.794. The molecule has 0 aromatic heterocycles. The van der Waals surface area contributed by atoms with Crippen LogP contribution in [0.3, 0.4) is 0 Å². The molecule has 0 aromatic carbocycles. The van der Waals surface area contributed by atoms with Gasteiger partial charge in [-0.05, 0) is 40.2 Å². The molecule has 6 heteroatoms. The van der Waals surface area contributed by atoms with Crippen LogP contribution in [0, 0.1) is 0 Å². The number of alkyl halides is 1. The molecule has 0 saturated heterocycles. The van der Waals surface area contributed by atoms with Crippen molar-refractivity contribution in [2.75, 3.05) is 13.2 Å². The van der Waals surface area contributed by atoms with Crippen molar-refractivity contribution in [3.63, 3.8) is 0 Å². The summed E-state index contributed by atoms with van der Waals surface area (Å²) in [5, 5.41) is 2.54. The number of rotatable bonds is 5. The molecule has 120 valence electrons. The number of carbonyl (C=O) groups excluding carboxylic acids is 1. The van der Waals surface area contributed by atoms with Crippen molar-refractivity contribution in [1.82, 2.24) is 5.32 Å². The Balaban J connectivity index is 2.50. The summed E-state index contributed by atoms with van der Waals surface area (Å²) < 4.78 is 24.8. The lowest BCUT2D eigenvalue weighted by Gasteiger charge is -2.19. The molecular weight excluding hydrogens is 275 g/mol. The van der Waals surface area contributed by atoms with Crippen LogP contribution in [0.25, 0.3) is 0 Å². The average Bonchev–Trinajstić information content (AvgIpc) is 2.81. The van der Waals surface area contributed by atoms with Crippen LogP contribution < -0.4 is 5.32 Å². The monoisotopic (exact) mass is 300 g/mol. The lowest BCUT2D eigenvalue weighted by molar-refractivity contribution is 0.0533. The number of nitrogens with zero attached hydrogens (tertiary/aromatic N) is 1. The number of allylic oxidation sites excluding steroid dienone is 1. The molecule has 0 saturated carbocycles. The van der Waals surface area contributed by atoms with Crippen molar-refractivity contribution in [1.29, 1.82) is 0 Å². The summed E-state index contributed by atoms with van der Waals surface area (Å²) in [6.07, 6.45) is 3.50. The summed E-state index contributed by atoms with van der Waals surface area (Å²) in [6, 6.07) is -0.587. The van der Waals surface area contributed by atoms with Gasteiger partial charge in [0.05, 0.1) is 6.54 Å². The maximum atomic E-state index is 14.4. The fourth-order valence-electron chi connectivity index (χ4n) is 1.73. The predicted molar refractivity (Wildman–Crippen MR) is 80.4 cm³/mol. The maximum absolute atomic E-state index is 14.4. The molecule has 0 bridgehead atoms. The van der Waals surface area contributed by atoms with E-state index in [1.807, 2.05) is 6.92 Å². The van der Waals surface area contributed by atoms with Gasteiger partial charge in [0, 0.05) is 0 Å². The second-order valence-corrected chi connectivity index (χ2v) is 6.17. The molecule has 1 unspecified atom stereocenters. The van der Waals surface area contributed by atoms with Gasteiger partial charge in [0.15, 0.2) is 5.67 Å². The van der Waals surface area contributed by atoms with E-state index in [4.69, 9.17) is 9.47 Å². The zero-order valence-corrected chi connectivity index (χ0v) is 13.4. The van der Waals surface area contributed by atoms with E-state index in [1.54, 1.807) is 26.8 Å². The van der Waals surface area contributed by atoms with Crippen molar-refractivity contribution in [3.05, 3.63) is 12.2 Å². The average molecular weight is 300 g/mol. The van der Waals surface area contributed by atoms with Gasteiger partial charge >= 0.3 is 6.09 Å². The molecule has 1 aliphatic heterocycles. The van der Waals surface area contributed by atoms with Crippen LogP contribution in [0.5, 0.6) is 0 Å². The highest BCUT2D eigenvalue weighted by atomic mass is 19.1. The van der Waals surface area contributed by atoms with Gasteiger partial charge in [-0.25, -0.2) is 14.2 Å². The Kier molecular flexibility index (Phi) is 5.75. The highest BCUT2D eigenvalue weighted by molar-refractivity contribution is 5.83. The van der Waals surface area contributed by atoms with Gasteiger partial charge < -0.3 is 14.8 Å². The molecule has 1 amide bonds. The second-order valence-electron chi connectivity index (χ2n) is 6.17. The van der Waals surface area contributed by atoms with Crippen molar-refractivity contribution in [2.45, 2.75) is 58.4 Å². The first kappa shape index (κ1) is 17.5. The summed E-state index contributed by atoms with van der Waals surface area (Å²) in [5.74, 6) is 0.319. The van der Waals surface area contributed by atoms with Gasteiger partial charge in [-0.2, -0.15) is 0 Å². The third kappa shape index (κ3) is 6.14. The number of alkyl carbamates (subject to hydrolysis) is 1. The van der Waals surface area contributed by atoms with E-state index in [2.05, 4.69) is 10.3 Å². The van der Waals surface area contributed by atoms with Gasteiger partial charge in [0.1, 0.15) is 18.2 Å². The van der Waals surface area contributed by atoms with Crippen molar-refractivity contribution in [2.24, 2.45) is 4.99 Å². The number of hydrogen-bond acceptors (Lipinski definition) is 4. The summed E-state index contributed by atoms with van der Waals surface area (Å²) in [5.41, 5.74) is -2.11. The molecule has 1 aliphatic rings. The summed E-state index contributed by atoms with van der Waals surface area (Å²) in [7, 11) is 0. The second kappa shape index (κ2) is 6.91. The normalized spacial score (nSPS) is 21.6. The van der Waals surface area contributed by atoms with E-state index >= 15 is 0 Å². The number of carbonyl (C=O) groups is 1. The molecule has 1 N–H and O–H groups in total. The third-order valence-electron chi connectivity index (χ3n) is 2.82. The SMILES string of the molecule is CC/C=C\C(C)(F)[C@@H]1COC(CNC(=O)OC(C)(C)C)=N1. The number of ether oxygens (including phenoxy) is 2. The summed E-state index contributed by atoms with van der Waals surface area (Å²) >= 11 is 0. The third-order valence-corrected chi connectivity index (χ3v) is 2.82. The lowest BCUT2D eigenvalue weighted by Crippen LogP contribution is -2.35. The molecule has 0 aromatic rings. The Bertz CT molecular complexity index is 425. The fourth-order valence-corrected chi connectivity index (χ4v) is 1.73. The molecule has 0 fully saturated rings. The molecule has 2 atom stereocenters. The highest BCUT2D eigenvalue weighted by Crippen LogP contribution is 2.24. The summed E-state index contributed by atoms with van der Waals surface area (Å²) in [6.45, 7) is 9.02. The van der Waals surface area contributed by atoms with Crippen molar-refractivity contribution < 1.29 is 18.7 Å². The lowest BCUT2D eigenvalue weighted by atomic mass is 9.99. The van der Waals surface area contributed by atoms with Crippen LogP contribution >= 0.6 is 0 Å². The standard InChI is InChI=1S/C15H25FN2O3/c1-6-7-8-15(5,16)11-10-20-12(18-11)9-17-13(19)21-14(2,3)4/h7-8,11H,6,9-10H2,1-5H3,(H,17,19)/b8-7-/t11-,15?/m0/s1. The number of nitrogens with one attached hydrogen (secondary N) is 1. The number of aliphatic imine (C=N–C) groups is 1. The number of halogens is 1. The van der Waals surface area contributed by atoms with E-state index in [9.17, 15) is 9.18 Å². The Morgan fingerprint density at radius 3 is 2.76 bits per heavy atom. The van der Waals surface area contributed by atoms with Crippen LogP contribution in [0.4, 0.5) is 9.18 Å². The van der Waals surface area contributed by atoms with Crippen molar-refractivity contribution in [3.8, 4) is 0 Å². The Labute approximate surface area is 125 Å². The molecule has 5 nitrogen and oxygen atoms in total. The Morgan fingerprint density at radius 2 is 2.19 bits per heavy atom. The minimum Gasteiger partial charge on any atom is -0.477 e. The van der Waals surface area contributed by atoms with Crippen LogP contribution in [-0.4, -0.2) is 42.5 Å². The van der Waals surface area contributed by atoms with Gasteiger partial charge in [0.25, 0.3) is 0 Å². The highest BCUT2D eigenvalue weighted by Gasteiger charge is 2.36. The van der Waals surface area contributed by atoms with Gasteiger partial charge in [-0.1, -0.05) is 13.0 Å². The maximum Gasteiger partial charge on any atom is 0.408 e. The largest absolute Gasteiger partial charge is 0.477 e.